The van der Waals surface area contributed by atoms with Gasteiger partial charge in [-0.05, 0) is 25.1 Å². The molecule has 1 aromatic carbocycles. The van der Waals surface area contributed by atoms with E-state index in [1.165, 1.54) is 0 Å². The Hall–Kier alpha value is -1.59. The van der Waals surface area contributed by atoms with Crippen LogP contribution in [-0.2, 0) is 0 Å². The van der Waals surface area contributed by atoms with E-state index in [-0.39, 0.29) is 6.04 Å². The molecule has 0 aliphatic heterocycles. The number of aromatic nitrogens is 3. The number of nitrogens with one attached hydrogen (secondary N) is 1. The second-order valence-corrected chi connectivity index (χ2v) is 4.11. The maximum Gasteiger partial charge on any atom is 0.184 e. The Labute approximate surface area is 104 Å². The van der Waals surface area contributed by atoms with E-state index < -0.39 is 0 Å². The summed E-state index contributed by atoms with van der Waals surface area (Å²) in [5, 5.41) is 7.51. The summed E-state index contributed by atoms with van der Waals surface area (Å²) >= 11 is 5.89. The van der Waals surface area contributed by atoms with Gasteiger partial charge in [-0.15, -0.1) is 0 Å². The van der Waals surface area contributed by atoms with E-state index in [9.17, 15) is 0 Å². The van der Waals surface area contributed by atoms with Crippen LogP contribution in [0.5, 0.6) is 5.75 Å². The van der Waals surface area contributed by atoms with Crippen LogP contribution in [0.2, 0.25) is 5.02 Å². The number of ether oxygens (including phenoxy) is 1. The first-order chi connectivity index (χ1) is 8.11. The Kier molecular flexibility index (Phi) is 3.31. The van der Waals surface area contributed by atoms with E-state index in [0.717, 1.165) is 5.56 Å². The summed E-state index contributed by atoms with van der Waals surface area (Å²) in [4.78, 5) is 4.30. The monoisotopic (exact) mass is 252 g/mol. The van der Waals surface area contributed by atoms with Crippen LogP contribution < -0.4 is 10.5 Å². The highest BCUT2D eigenvalue weighted by Crippen LogP contribution is 2.30. The highest BCUT2D eigenvalue weighted by molar-refractivity contribution is 6.30. The lowest BCUT2D eigenvalue weighted by atomic mass is 10.2. The fourth-order valence-electron chi connectivity index (χ4n) is 1.45. The number of H-pyrrole nitrogens is 1. The molecule has 0 radical (unpaired) electrons. The SMILES string of the molecule is COc1cc(Cl)ccc1-c1n[nH]c(C(C)N)n1. The number of hydrogen-bond acceptors (Lipinski definition) is 4. The van der Waals surface area contributed by atoms with Gasteiger partial charge in [-0.1, -0.05) is 11.6 Å². The van der Waals surface area contributed by atoms with E-state index >= 15 is 0 Å². The lowest BCUT2D eigenvalue weighted by molar-refractivity contribution is 0.416. The molecular weight excluding hydrogens is 240 g/mol. The average Bonchev–Trinajstić information content (AvgIpc) is 2.78. The molecule has 1 atom stereocenters. The molecular formula is C11H13ClN4O. The van der Waals surface area contributed by atoms with Crippen LogP contribution in [0.25, 0.3) is 11.4 Å². The second kappa shape index (κ2) is 4.73. The Morgan fingerprint density at radius 3 is 2.82 bits per heavy atom. The summed E-state index contributed by atoms with van der Waals surface area (Å²) in [6.07, 6.45) is 0. The van der Waals surface area contributed by atoms with Crippen LogP contribution in [0.15, 0.2) is 18.2 Å². The lowest BCUT2D eigenvalue weighted by Gasteiger charge is -2.05. The molecule has 3 N–H and O–H groups in total. The van der Waals surface area contributed by atoms with Crippen molar-refractivity contribution in [2.45, 2.75) is 13.0 Å². The lowest BCUT2D eigenvalue weighted by Crippen LogP contribution is -2.06. The molecule has 1 unspecified atom stereocenters. The normalized spacial score (nSPS) is 12.5. The van der Waals surface area contributed by atoms with E-state index in [4.69, 9.17) is 22.1 Å². The van der Waals surface area contributed by atoms with Crippen molar-refractivity contribution in [1.82, 2.24) is 15.2 Å². The summed E-state index contributed by atoms with van der Waals surface area (Å²) in [5.74, 6) is 1.82. The van der Waals surface area contributed by atoms with Crippen LogP contribution in [0.3, 0.4) is 0 Å². The summed E-state index contributed by atoms with van der Waals surface area (Å²) in [6.45, 7) is 1.84. The van der Waals surface area contributed by atoms with E-state index in [2.05, 4.69) is 15.2 Å². The summed E-state index contributed by atoms with van der Waals surface area (Å²) in [7, 11) is 1.58. The van der Waals surface area contributed by atoms with Gasteiger partial charge in [-0.3, -0.25) is 5.10 Å². The molecule has 1 aromatic heterocycles. The number of rotatable bonds is 3. The molecule has 1 heterocycles. The first kappa shape index (κ1) is 11.9. The quantitative estimate of drug-likeness (QED) is 0.878. The van der Waals surface area contributed by atoms with Crippen LogP contribution in [0.4, 0.5) is 0 Å². The van der Waals surface area contributed by atoms with Crippen molar-refractivity contribution in [3.8, 4) is 17.1 Å². The number of methoxy groups -OCH3 is 1. The minimum atomic E-state index is -0.186. The van der Waals surface area contributed by atoms with E-state index in [1.807, 2.05) is 13.0 Å². The van der Waals surface area contributed by atoms with Gasteiger partial charge >= 0.3 is 0 Å². The fourth-order valence-corrected chi connectivity index (χ4v) is 1.61. The number of nitrogens with zero attached hydrogens (tertiary/aromatic N) is 2. The third kappa shape index (κ3) is 2.40. The van der Waals surface area contributed by atoms with E-state index in [0.29, 0.717) is 22.4 Å². The molecule has 0 aliphatic carbocycles. The molecule has 5 nitrogen and oxygen atoms in total. The molecule has 0 aliphatic rings. The Morgan fingerprint density at radius 1 is 1.47 bits per heavy atom. The topological polar surface area (TPSA) is 76.8 Å². The standard InChI is InChI=1S/C11H13ClN4O/c1-6(13)10-14-11(16-15-10)8-4-3-7(12)5-9(8)17-2/h3-6H,13H2,1-2H3,(H,14,15,16). The largest absolute Gasteiger partial charge is 0.496 e. The van der Waals surface area contributed by atoms with Gasteiger partial charge in [0, 0.05) is 5.02 Å². The molecule has 0 amide bonds. The Bertz CT molecular complexity index is 524. The van der Waals surface area contributed by atoms with Crippen LogP contribution in [0, 0.1) is 0 Å². The van der Waals surface area contributed by atoms with Crippen molar-refractivity contribution in [3.63, 3.8) is 0 Å². The van der Waals surface area contributed by atoms with Crippen molar-refractivity contribution in [1.29, 1.82) is 0 Å². The smallest absolute Gasteiger partial charge is 0.184 e. The van der Waals surface area contributed by atoms with Crippen molar-refractivity contribution < 1.29 is 4.74 Å². The fraction of sp³-hybridized carbons (Fsp3) is 0.273. The number of nitrogens with two attached hydrogens (primary N) is 1. The summed E-state index contributed by atoms with van der Waals surface area (Å²) in [5.41, 5.74) is 6.49. The van der Waals surface area contributed by atoms with Gasteiger partial charge in [0.1, 0.15) is 11.6 Å². The molecule has 0 spiro atoms. The second-order valence-electron chi connectivity index (χ2n) is 3.68. The number of aromatic amines is 1. The minimum Gasteiger partial charge on any atom is -0.496 e. The first-order valence-electron chi connectivity index (χ1n) is 5.13. The third-order valence-electron chi connectivity index (χ3n) is 2.34. The zero-order valence-electron chi connectivity index (χ0n) is 9.57. The third-order valence-corrected chi connectivity index (χ3v) is 2.57. The summed E-state index contributed by atoms with van der Waals surface area (Å²) in [6, 6.07) is 5.12. The highest BCUT2D eigenvalue weighted by Gasteiger charge is 2.13. The van der Waals surface area contributed by atoms with Gasteiger partial charge < -0.3 is 10.5 Å². The number of halogens is 1. The molecule has 2 aromatic rings. The van der Waals surface area contributed by atoms with Crippen LogP contribution in [-0.4, -0.2) is 22.3 Å². The van der Waals surface area contributed by atoms with Crippen molar-refractivity contribution in [2.75, 3.05) is 7.11 Å². The number of hydrogen-bond donors (Lipinski definition) is 2. The van der Waals surface area contributed by atoms with Gasteiger partial charge in [-0.25, -0.2) is 4.98 Å². The molecule has 2 rings (SSSR count). The van der Waals surface area contributed by atoms with Crippen molar-refractivity contribution in [2.24, 2.45) is 5.73 Å². The van der Waals surface area contributed by atoms with Gasteiger partial charge in [0.2, 0.25) is 0 Å². The molecule has 0 bridgehead atoms. The highest BCUT2D eigenvalue weighted by atomic mass is 35.5. The van der Waals surface area contributed by atoms with E-state index in [1.54, 1.807) is 19.2 Å². The van der Waals surface area contributed by atoms with Gasteiger partial charge in [-0.2, -0.15) is 5.10 Å². The van der Waals surface area contributed by atoms with Gasteiger partial charge in [0.15, 0.2) is 5.82 Å². The predicted molar refractivity (Wildman–Crippen MR) is 66.0 cm³/mol. The van der Waals surface area contributed by atoms with Gasteiger partial charge in [0.05, 0.1) is 18.7 Å². The van der Waals surface area contributed by atoms with Gasteiger partial charge in [0.25, 0.3) is 0 Å². The average molecular weight is 253 g/mol. The van der Waals surface area contributed by atoms with Crippen molar-refractivity contribution in [3.05, 3.63) is 29.0 Å². The number of benzene rings is 1. The first-order valence-corrected chi connectivity index (χ1v) is 5.51. The predicted octanol–water partition coefficient (Wildman–Crippen LogP) is 2.15. The van der Waals surface area contributed by atoms with Crippen LogP contribution >= 0.6 is 11.6 Å². The molecule has 90 valence electrons. The maximum atomic E-state index is 5.89. The van der Waals surface area contributed by atoms with Crippen molar-refractivity contribution >= 4 is 11.6 Å². The maximum absolute atomic E-state index is 5.89. The molecule has 17 heavy (non-hydrogen) atoms. The molecule has 0 fully saturated rings. The van der Waals surface area contributed by atoms with Crippen LogP contribution in [0.1, 0.15) is 18.8 Å². The molecule has 0 saturated heterocycles. The zero-order valence-corrected chi connectivity index (χ0v) is 10.3. The minimum absolute atomic E-state index is 0.186. The summed E-state index contributed by atoms with van der Waals surface area (Å²) < 4.78 is 5.24. The zero-order chi connectivity index (χ0) is 12.4. The molecule has 0 saturated carbocycles. The Morgan fingerprint density at radius 2 is 2.24 bits per heavy atom. The molecule has 6 heteroatoms. The Balaban J connectivity index is 2.44.